The number of hydrogen-bond acceptors (Lipinski definition) is 2. The van der Waals surface area contributed by atoms with Crippen molar-refractivity contribution < 1.29 is 9.53 Å². The maximum absolute atomic E-state index is 11.5. The number of esters is 1. The molecule has 0 fully saturated rings. The number of carbonyl (C=O) groups excluding carboxylic acids is 1. The van der Waals surface area contributed by atoms with E-state index in [1.807, 2.05) is 12.1 Å². The van der Waals surface area contributed by atoms with Crippen molar-refractivity contribution in [2.24, 2.45) is 0 Å². The van der Waals surface area contributed by atoms with E-state index in [-0.39, 0.29) is 5.97 Å². The van der Waals surface area contributed by atoms with Crippen molar-refractivity contribution in [2.75, 3.05) is 6.61 Å². The van der Waals surface area contributed by atoms with Crippen LogP contribution in [0.25, 0.3) is 0 Å². The zero-order chi connectivity index (χ0) is 12.7. The maximum Gasteiger partial charge on any atom is 0.333 e. The van der Waals surface area contributed by atoms with E-state index in [9.17, 15) is 4.79 Å². The minimum atomic E-state index is -0.312. The van der Waals surface area contributed by atoms with Crippen molar-refractivity contribution in [1.29, 1.82) is 0 Å². The smallest absolute Gasteiger partial charge is 0.333 e. The van der Waals surface area contributed by atoms with E-state index in [0.717, 1.165) is 18.4 Å². The molecule has 0 saturated heterocycles. The molecule has 0 radical (unpaired) electrons. The van der Waals surface area contributed by atoms with Gasteiger partial charge in [0.15, 0.2) is 0 Å². The highest BCUT2D eigenvalue weighted by atomic mass is 35.5. The first kappa shape index (κ1) is 13.8. The molecule has 17 heavy (non-hydrogen) atoms. The number of unbranched alkanes of at least 4 members (excludes halogenated alkanes) is 1. The molecule has 92 valence electrons. The van der Waals surface area contributed by atoms with Crippen LogP contribution >= 0.6 is 11.6 Å². The van der Waals surface area contributed by atoms with E-state index in [0.29, 0.717) is 23.6 Å². The van der Waals surface area contributed by atoms with Crippen molar-refractivity contribution >= 4 is 17.6 Å². The second-order valence-electron chi connectivity index (χ2n) is 3.90. The summed E-state index contributed by atoms with van der Waals surface area (Å²) in [5.41, 5.74) is 1.48. The molecule has 0 aliphatic rings. The van der Waals surface area contributed by atoms with Gasteiger partial charge in [0.25, 0.3) is 0 Å². The molecule has 0 aromatic heterocycles. The Morgan fingerprint density at radius 2 is 2.00 bits per heavy atom. The molecule has 0 aliphatic carbocycles. The van der Waals surface area contributed by atoms with Crippen LogP contribution in [0.15, 0.2) is 36.4 Å². The Labute approximate surface area is 107 Å². The molecule has 0 amide bonds. The summed E-state index contributed by atoms with van der Waals surface area (Å²) in [6.45, 7) is 6.26. The van der Waals surface area contributed by atoms with Crippen LogP contribution in [0.4, 0.5) is 0 Å². The molecule has 3 heteroatoms. The Kier molecular flexibility index (Phi) is 5.78. The fourth-order valence-electron chi connectivity index (χ4n) is 1.33. The molecule has 0 unspecified atom stereocenters. The molecule has 0 saturated carbocycles. The standard InChI is InChI=1S/C14H17ClO2/c1-3-4-9-17-14(16)11(2)10-12-5-7-13(15)8-6-12/h5-8H,2-4,9-10H2,1H3. The first-order valence-corrected chi connectivity index (χ1v) is 6.10. The predicted molar refractivity (Wildman–Crippen MR) is 70.2 cm³/mol. The lowest BCUT2D eigenvalue weighted by Gasteiger charge is -2.06. The largest absolute Gasteiger partial charge is 0.462 e. The third-order valence-electron chi connectivity index (χ3n) is 2.35. The SMILES string of the molecule is C=C(Cc1ccc(Cl)cc1)C(=O)OCCCC. The number of halogens is 1. The van der Waals surface area contributed by atoms with Crippen LogP contribution in [0.1, 0.15) is 25.3 Å². The number of ether oxygens (including phenoxy) is 1. The van der Waals surface area contributed by atoms with Gasteiger partial charge < -0.3 is 4.74 Å². The van der Waals surface area contributed by atoms with Crippen LogP contribution in [-0.4, -0.2) is 12.6 Å². The Bertz CT molecular complexity index is 382. The van der Waals surface area contributed by atoms with Gasteiger partial charge in [-0.05, 0) is 24.1 Å². The normalized spacial score (nSPS) is 10.0. The summed E-state index contributed by atoms with van der Waals surface area (Å²) in [5.74, 6) is -0.312. The van der Waals surface area contributed by atoms with Gasteiger partial charge >= 0.3 is 5.97 Å². The molecule has 0 bridgehead atoms. The van der Waals surface area contributed by atoms with Crippen molar-refractivity contribution in [3.8, 4) is 0 Å². The molecule has 2 nitrogen and oxygen atoms in total. The number of rotatable bonds is 6. The molecule has 0 aliphatic heterocycles. The maximum atomic E-state index is 11.5. The average Bonchev–Trinajstić information content (AvgIpc) is 2.32. The summed E-state index contributed by atoms with van der Waals surface area (Å²) in [7, 11) is 0. The van der Waals surface area contributed by atoms with E-state index in [4.69, 9.17) is 16.3 Å². The highest BCUT2D eigenvalue weighted by Gasteiger charge is 2.08. The van der Waals surface area contributed by atoms with E-state index in [2.05, 4.69) is 13.5 Å². The highest BCUT2D eigenvalue weighted by Crippen LogP contribution is 2.13. The van der Waals surface area contributed by atoms with Gasteiger partial charge in [0, 0.05) is 17.0 Å². The Hall–Kier alpha value is -1.28. The van der Waals surface area contributed by atoms with Gasteiger partial charge in [-0.3, -0.25) is 0 Å². The van der Waals surface area contributed by atoms with Crippen LogP contribution in [0.5, 0.6) is 0 Å². The second-order valence-corrected chi connectivity index (χ2v) is 4.33. The van der Waals surface area contributed by atoms with Crippen LogP contribution in [0.2, 0.25) is 5.02 Å². The second kappa shape index (κ2) is 7.13. The van der Waals surface area contributed by atoms with Gasteiger partial charge in [0.05, 0.1) is 6.61 Å². The highest BCUT2D eigenvalue weighted by molar-refractivity contribution is 6.30. The summed E-state index contributed by atoms with van der Waals surface area (Å²) in [6.07, 6.45) is 2.40. The van der Waals surface area contributed by atoms with E-state index in [1.54, 1.807) is 12.1 Å². The van der Waals surface area contributed by atoms with Crippen LogP contribution in [-0.2, 0) is 16.0 Å². The van der Waals surface area contributed by atoms with Gasteiger partial charge in [0.2, 0.25) is 0 Å². The Morgan fingerprint density at radius 1 is 1.35 bits per heavy atom. The van der Waals surface area contributed by atoms with Crippen LogP contribution in [0.3, 0.4) is 0 Å². The number of hydrogen-bond donors (Lipinski definition) is 0. The predicted octanol–water partition coefficient (Wildman–Crippen LogP) is 3.78. The van der Waals surface area contributed by atoms with E-state index in [1.165, 1.54) is 0 Å². The minimum Gasteiger partial charge on any atom is -0.462 e. The molecule has 0 heterocycles. The van der Waals surface area contributed by atoms with Gasteiger partial charge in [0.1, 0.15) is 0 Å². The topological polar surface area (TPSA) is 26.3 Å². The molecule has 0 atom stereocenters. The monoisotopic (exact) mass is 252 g/mol. The molecular formula is C14H17ClO2. The Morgan fingerprint density at radius 3 is 2.59 bits per heavy atom. The molecule has 0 N–H and O–H groups in total. The van der Waals surface area contributed by atoms with Crippen molar-refractivity contribution in [3.63, 3.8) is 0 Å². The fraction of sp³-hybridized carbons (Fsp3) is 0.357. The van der Waals surface area contributed by atoms with Crippen molar-refractivity contribution in [3.05, 3.63) is 47.0 Å². The fourth-order valence-corrected chi connectivity index (χ4v) is 1.46. The van der Waals surface area contributed by atoms with Gasteiger partial charge in [-0.1, -0.05) is 43.7 Å². The average molecular weight is 253 g/mol. The van der Waals surface area contributed by atoms with E-state index < -0.39 is 0 Å². The lowest BCUT2D eigenvalue weighted by molar-refractivity contribution is -0.139. The quantitative estimate of drug-likeness (QED) is 0.438. The third kappa shape index (κ3) is 5.05. The zero-order valence-electron chi connectivity index (χ0n) is 10.0. The molecule has 1 rings (SSSR count). The third-order valence-corrected chi connectivity index (χ3v) is 2.60. The Balaban J connectivity index is 2.43. The summed E-state index contributed by atoms with van der Waals surface area (Å²) < 4.78 is 5.08. The zero-order valence-corrected chi connectivity index (χ0v) is 10.8. The summed E-state index contributed by atoms with van der Waals surface area (Å²) in [4.78, 5) is 11.5. The molecular weight excluding hydrogens is 236 g/mol. The lowest BCUT2D eigenvalue weighted by Crippen LogP contribution is -2.10. The van der Waals surface area contributed by atoms with Crippen LogP contribution in [0, 0.1) is 0 Å². The summed E-state index contributed by atoms with van der Waals surface area (Å²) in [6, 6.07) is 7.36. The number of benzene rings is 1. The molecule has 1 aromatic rings. The number of carbonyl (C=O) groups is 1. The summed E-state index contributed by atoms with van der Waals surface area (Å²) >= 11 is 5.78. The first-order chi connectivity index (χ1) is 8.13. The van der Waals surface area contributed by atoms with E-state index >= 15 is 0 Å². The molecule has 0 spiro atoms. The first-order valence-electron chi connectivity index (χ1n) is 5.73. The minimum absolute atomic E-state index is 0.312. The van der Waals surface area contributed by atoms with Gasteiger partial charge in [-0.25, -0.2) is 4.79 Å². The van der Waals surface area contributed by atoms with Gasteiger partial charge in [-0.2, -0.15) is 0 Å². The van der Waals surface area contributed by atoms with Crippen molar-refractivity contribution in [2.45, 2.75) is 26.2 Å². The van der Waals surface area contributed by atoms with Crippen LogP contribution < -0.4 is 0 Å². The molecule has 1 aromatic carbocycles. The van der Waals surface area contributed by atoms with Crippen molar-refractivity contribution in [1.82, 2.24) is 0 Å². The van der Waals surface area contributed by atoms with Gasteiger partial charge in [-0.15, -0.1) is 0 Å². The summed E-state index contributed by atoms with van der Waals surface area (Å²) in [5, 5.41) is 0.685. The lowest BCUT2D eigenvalue weighted by atomic mass is 10.1.